The highest BCUT2D eigenvalue weighted by molar-refractivity contribution is 5.85. The number of hydrogen-bond acceptors (Lipinski definition) is 3. The van der Waals surface area contributed by atoms with E-state index in [0.717, 1.165) is 32.2 Å². The molecule has 2 unspecified atom stereocenters. The van der Waals surface area contributed by atoms with E-state index < -0.39 is 0 Å². The SMILES string of the molecule is CC1=C2C[C@@H]3C(CNC4CCCc5c4[nH]c4ccc(C)cc54)C(=O)O[C@@H]3C[C@@]2(C)CCC1. The van der Waals surface area contributed by atoms with Gasteiger partial charge < -0.3 is 15.0 Å². The van der Waals surface area contributed by atoms with E-state index in [4.69, 9.17) is 4.74 Å². The first-order chi connectivity index (χ1) is 15.4. The van der Waals surface area contributed by atoms with Crippen LogP contribution < -0.4 is 5.32 Å². The van der Waals surface area contributed by atoms with Gasteiger partial charge in [0.1, 0.15) is 6.10 Å². The van der Waals surface area contributed by atoms with Crippen LogP contribution in [0.4, 0.5) is 0 Å². The van der Waals surface area contributed by atoms with Crippen molar-refractivity contribution in [1.29, 1.82) is 0 Å². The molecule has 3 aliphatic carbocycles. The number of allylic oxidation sites excluding steroid dienone is 2. The number of carbonyl (C=O) groups is 1. The van der Waals surface area contributed by atoms with Crippen LogP contribution in [0.2, 0.25) is 0 Å². The molecule has 0 amide bonds. The summed E-state index contributed by atoms with van der Waals surface area (Å²) in [6.07, 6.45) is 9.36. The molecule has 0 spiro atoms. The fourth-order valence-corrected chi connectivity index (χ4v) is 7.40. The molecule has 0 radical (unpaired) electrons. The summed E-state index contributed by atoms with van der Waals surface area (Å²) in [5.41, 5.74) is 8.81. The first kappa shape index (κ1) is 20.5. The number of carbonyl (C=O) groups excluding carboxylic acids is 1. The first-order valence-electron chi connectivity index (χ1n) is 12.7. The zero-order valence-electron chi connectivity index (χ0n) is 19.7. The number of nitrogens with one attached hydrogen (secondary N) is 2. The smallest absolute Gasteiger partial charge is 0.310 e. The molecular formula is C28H36N2O2. The first-order valence-corrected chi connectivity index (χ1v) is 12.7. The van der Waals surface area contributed by atoms with E-state index in [0.29, 0.717) is 12.0 Å². The number of esters is 1. The van der Waals surface area contributed by atoms with Crippen molar-refractivity contribution in [3.63, 3.8) is 0 Å². The minimum atomic E-state index is -0.0243. The molecule has 4 aliphatic rings. The van der Waals surface area contributed by atoms with Crippen LogP contribution in [0.15, 0.2) is 29.3 Å². The molecule has 1 aliphatic heterocycles. The van der Waals surface area contributed by atoms with Gasteiger partial charge in [-0.3, -0.25) is 4.79 Å². The summed E-state index contributed by atoms with van der Waals surface area (Å²) in [4.78, 5) is 16.6. The Kier molecular flexibility index (Phi) is 4.80. The Morgan fingerprint density at radius 3 is 2.97 bits per heavy atom. The molecule has 4 nitrogen and oxygen atoms in total. The molecule has 2 heterocycles. The summed E-state index contributed by atoms with van der Waals surface area (Å²) in [6.45, 7) is 7.61. The quantitative estimate of drug-likeness (QED) is 0.469. The maximum absolute atomic E-state index is 12.9. The van der Waals surface area contributed by atoms with Gasteiger partial charge in [0, 0.05) is 35.1 Å². The van der Waals surface area contributed by atoms with Crippen LogP contribution in [0.25, 0.3) is 10.9 Å². The fourth-order valence-electron chi connectivity index (χ4n) is 7.40. The molecule has 5 atom stereocenters. The molecule has 0 bridgehead atoms. The molecular weight excluding hydrogens is 396 g/mol. The maximum atomic E-state index is 12.9. The van der Waals surface area contributed by atoms with Crippen molar-refractivity contribution in [2.75, 3.05) is 6.54 Å². The molecule has 2 aromatic rings. The van der Waals surface area contributed by atoms with E-state index in [1.165, 1.54) is 53.4 Å². The average Bonchev–Trinajstić information content (AvgIpc) is 3.27. The molecule has 2 fully saturated rings. The Morgan fingerprint density at radius 1 is 1.22 bits per heavy atom. The Bertz CT molecular complexity index is 1110. The molecule has 32 heavy (non-hydrogen) atoms. The minimum absolute atomic E-state index is 0.0243. The van der Waals surface area contributed by atoms with Gasteiger partial charge >= 0.3 is 5.97 Å². The van der Waals surface area contributed by atoms with E-state index in [-0.39, 0.29) is 23.4 Å². The lowest BCUT2D eigenvalue weighted by Crippen LogP contribution is -2.41. The molecule has 1 aromatic carbocycles. The number of hydrogen-bond donors (Lipinski definition) is 2. The predicted molar refractivity (Wildman–Crippen MR) is 127 cm³/mol. The maximum Gasteiger partial charge on any atom is 0.310 e. The highest BCUT2D eigenvalue weighted by Crippen LogP contribution is 2.55. The summed E-state index contributed by atoms with van der Waals surface area (Å²) < 4.78 is 5.99. The van der Waals surface area contributed by atoms with Gasteiger partial charge in [-0.1, -0.05) is 29.7 Å². The van der Waals surface area contributed by atoms with Crippen molar-refractivity contribution in [1.82, 2.24) is 10.3 Å². The average molecular weight is 433 g/mol. The lowest BCUT2D eigenvalue weighted by atomic mass is 9.59. The zero-order chi connectivity index (χ0) is 22.0. The van der Waals surface area contributed by atoms with Gasteiger partial charge in [0.25, 0.3) is 0 Å². The second kappa shape index (κ2) is 7.48. The summed E-state index contributed by atoms with van der Waals surface area (Å²) in [5.74, 6) is 0.333. The number of aryl methyl sites for hydroxylation is 2. The number of aromatic nitrogens is 1. The van der Waals surface area contributed by atoms with Gasteiger partial charge in [-0.25, -0.2) is 0 Å². The van der Waals surface area contributed by atoms with E-state index in [1.54, 1.807) is 11.1 Å². The molecule has 1 aromatic heterocycles. The van der Waals surface area contributed by atoms with Crippen molar-refractivity contribution >= 4 is 16.9 Å². The summed E-state index contributed by atoms with van der Waals surface area (Å²) in [5, 5.41) is 5.18. The van der Waals surface area contributed by atoms with E-state index in [2.05, 4.69) is 49.3 Å². The number of aromatic amines is 1. The van der Waals surface area contributed by atoms with Gasteiger partial charge in [-0.15, -0.1) is 0 Å². The van der Waals surface area contributed by atoms with Crippen LogP contribution in [-0.2, 0) is 16.0 Å². The van der Waals surface area contributed by atoms with Gasteiger partial charge in [-0.05, 0) is 88.3 Å². The van der Waals surface area contributed by atoms with Crippen molar-refractivity contribution in [2.45, 2.75) is 84.3 Å². The Morgan fingerprint density at radius 2 is 2.09 bits per heavy atom. The molecule has 6 rings (SSSR count). The standard InChI is InChI=1S/C28H36N2O2/c1-16-9-10-23-19(12-16)18-7-4-8-24(26(18)30-23)29-15-21-20-13-22-17(2)6-5-11-28(22,3)14-25(20)32-27(21)31/h9-10,12,20-21,24-25,29-30H,4-8,11,13-15H2,1-3H3/t20-,21?,24?,25-,28-/m1/s1. The zero-order valence-corrected chi connectivity index (χ0v) is 19.7. The van der Waals surface area contributed by atoms with Crippen LogP contribution >= 0.6 is 0 Å². The number of rotatable bonds is 3. The van der Waals surface area contributed by atoms with Crippen molar-refractivity contribution in [3.05, 3.63) is 46.2 Å². The van der Waals surface area contributed by atoms with Crippen LogP contribution in [0.5, 0.6) is 0 Å². The molecule has 4 heteroatoms. The highest BCUT2D eigenvalue weighted by Gasteiger charge is 2.52. The predicted octanol–water partition coefficient (Wildman–Crippen LogP) is 5.90. The second-order valence-electron chi connectivity index (χ2n) is 11.2. The third-order valence-corrected chi connectivity index (χ3v) is 9.13. The van der Waals surface area contributed by atoms with Gasteiger partial charge in [0.05, 0.1) is 5.92 Å². The lowest BCUT2D eigenvalue weighted by Gasteiger charge is -2.45. The lowest BCUT2D eigenvalue weighted by molar-refractivity contribution is -0.145. The third kappa shape index (κ3) is 3.17. The number of H-pyrrole nitrogens is 1. The van der Waals surface area contributed by atoms with E-state index in [1.807, 2.05) is 0 Å². The van der Waals surface area contributed by atoms with Crippen LogP contribution in [-0.4, -0.2) is 23.6 Å². The van der Waals surface area contributed by atoms with Crippen LogP contribution in [0.3, 0.4) is 0 Å². The summed E-state index contributed by atoms with van der Waals surface area (Å²) in [6, 6.07) is 6.99. The molecule has 2 N–H and O–H groups in total. The van der Waals surface area contributed by atoms with Gasteiger partial charge in [0.15, 0.2) is 0 Å². The second-order valence-corrected chi connectivity index (χ2v) is 11.2. The Balaban J connectivity index is 1.22. The minimum Gasteiger partial charge on any atom is -0.462 e. The molecule has 170 valence electrons. The van der Waals surface area contributed by atoms with Crippen molar-refractivity contribution < 1.29 is 9.53 Å². The monoisotopic (exact) mass is 432 g/mol. The van der Waals surface area contributed by atoms with Gasteiger partial charge in [0.2, 0.25) is 0 Å². The van der Waals surface area contributed by atoms with Crippen LogP contribution in [0.1, 0.15) is 81.7 Å². The fraction of sp³-hybridized carbons (Fsp3) is 0.607. The number of ether oxygens (including phenoxy) is 1. The third-order valence-electron chi connectivity index (χ3n) is 9.13. The summed E-state index contributed by atoms with van der Waals surface area (Å²) >= 11 is 0. The molecule has 1 saturated heterocycles. The Hall–Kier alpha value is -2.07. The van der Waals surface area contributed by atoms with Gasteiger partial charge in [-0.2, -0.15) is 0 Å². The van der Waals surface area contributed by atoms with Crippen molar-refractivity contribution in [3.8, 4) is 0 Å². The molecule has 1 saturated carbocycles. The van der Waals surface area contributed by atoms with Crippen LogP contribution in [0, 0.1) is 24.2 Å². The van der Waals surface area contributed by atoms with Crippen molar-refractivity contribution in [2.24, 2.45) is 17.3 Å². The number of benzene rings is 1. The highest BCUT2D eigenvalue weighted by atomic mass is 16.6. The van der Waals surface area contributed by atoms with E-state index in [9.17, 15) is 4.79 Å². The largest absolute Gasteiger partial charge is 0.462 e. The normalized spacial score (nSPS) is 34.3. The van der Waals surface area contributed by atoms with E-state index >= 15 is 0 Å². The topological polar surface area (TPSA) is 54.1 Å². The summed E-state index contributed by atoms with van der Waals surface area (Å²) in [7, 11) is 0. The number of fused-ring (bicyclic) bond motifs is 5. The Labute approximate surface area is 191 Å².